The van der Waals surface area contributed by atoms with Crippen LogP contribution < -0.4 is 14.8 Å². The maximum absolute atomic E-state index is 12.5. The number of carbonyl (C=O) groups is 1. The van der Waals surface area contributed by atoms with E-state index in [0.717, 1.165) is 16.3 Å². The molecule has 1 aromatic heterocycles. The van der Waals surface area contributed by atoms with Crippen LogP contribution in [0.3, 0.4) is 0 Å². The Morgan fingerprint density at radius 2 is 1.84 bits per heavy atom. The van der Waals surface area contributed by atoms with Gasteiger partial charge in [0.05, 0.1) is 30.6 Å². The summed E-state index contributed by atoms with van der Waals surface area (Å²) in [6.45, 7) is 1.97. The van der Waals surface area contributed by atoms with Gasteiger partial charge in [-0.2, -0.15) is 0 Å². The molecule has 3 rings (SSSR count). The quantitative estimate of drug-likeness (QED) is 0.738. The maximum atomic E-state index is 12.5. The molecule has 1 heterocycles. The first-order chi connectivity index (χ1) is 12.1. The smallest absolute Gasteiger partial charge is 0.255 e. The standard InChI is InChI=1S/C19H18N2O3S/c1-12-20-17(11-25-12)13-4-6-14(7-5-13)19(22)21-16-9-8-15(23-2)10-18(16)24-3/h4-11H,1-3H3,(H,21,22). The van der Waals surface area contributed by atoms with E-state index in [0.29, 0.717) is 22.7 Å². The highest BCUT2D eigenvalue weighted by molar-refractivity contribution is 7.09. The summed E-state index contributed by atoms with van der Waals surface area (Å²) in [6, 6.07) is 12.6. The molecule has 0 atom stereocenters. The molecule has 0 bridgehead atoms. The van der Waals surface area contributed by atoms with Crippen LogP contribution in [0.2, 0.25) is 0 Å². The van der Waals surface area contributed by atoms with E-state index < -0.39 is 0 Å². The van der Waals surface area contributed by atoms with E-state index in [9.17, 15) is 4.79 Å². The molecule has 0 radical (unpaired) electrons. The second-order valence-electron chi connectivity index (χ2n) is 5.35. The minimum Gasteiger partial charge on any atom is -0.497 e. The molecule has 5 nitrogen and oxygen atoms in total. The predicted molar refractivity (Wildman–Crippen MR) is 99.8 cm³/mol. The molecule has 1 N–H and O–H groups in total. The van der Waals surface area contributed by atoms with Gasteiger partial charge < -0.3 is 14.8 Å². The number of nitrogens with zero attached hydrogens (tertiary/aromatic N) is 1. The number of aromatic nitrogens is 1. The van der Waals surface area contributed by atoms with Crippen molar-refractivity contribution in [1.29, 1.82) is 0 Å². The number of anilines is 1. The highest BCUT2D eigenvalue weighted by Crippen LogP contribution is 2.29. The first-order valence-corrected chi connectivity index (χ1v) is 8.54. The van der Waals surface area contributed by atoms with Crippen LogP contribution in [-0.2, 0) is 0 Å². The van der Waals surface area contributed by atoms with Gasteiger partial charge in [0.1, 0.15) is 11.5 Å². The number of aryl methyl sites for hydroxylation is 1. The Kier molecular flexibility index (Phi) is 5.00. The summed E-state index contributed by atoms with van der Waals surface area (Å²) in [5.74, 6) is 1.00. The van der Waals surface area contributed by atoms with Gasteiger partial charge in [-0.3, -0.25) is 4.79 Å². The normalized spacial score (nSPS) is 10.4. The van der Waals surface area contributed by atoms with E-state index in [1.54, 1.807) is 55.9 Å². The van der Waals surface area contributed by atoms with Gasteiger partial charge >= 0.3 is 0 Å². The van der Waals surface area contributed by atoms with Crippen LogP contribution in [0.25, 0.3) is 11.3 Å². The van der Waals surface area contributed by atoms with Crippen molar-refractivity contribution < 1.29 is 14.3 Å². The molecular weight excluding hydrogens is 336 g/mol. The highest BCUT2D eigenvalue weighted by atomic mass is 32.1. The van der Waals surface area contributed by atoms with Crippen LogP contribution in [0.5, 0.6) is 11.5 Å². The fourth-order valence-corrected chi connectivity index (χ4v) is 3.01. The number of methoxy groups -OCH3 is 2. The third kappa shape index (κ3) is 3.80. The Morgan fingerprint density at radius 3 is 2.44 bits per heavy atom. The third-order valence-corrected chi connectivity index (χ3v) is 4.49. The molecule has 0 spiro atoms. The number of hydrogen-bond donors (Lipinski definition) is 1. The largest absolute Gasteiger partial charge is 0.497 e. The number of ether oxygens (including phenoxy) is 2. The van der Waals surface area contributed by atoms with Crippen molar-refractivity contribution >= 4 is 22.9 Å². The van der Waals surface area contributed by atoms with E-state index in [1.165, 1.54) is 0 Å². The molecule has 0 saturated heterocycles. The van der Waals surface area contributed by atoms with Gasteiger partial charge in [0.15, 0.2) is 0 Å². The van der Waals surface area contributed by atoms with Gasteiger partial charge in [-0.05, 0) is 31.2 Å². The van der Waals surface area contributed by atoms with Crippen LogP contribution in [-0.4, -0.2) is 25.1 Å². The van der Waals surface area contributed by atoms with E-state index in [1.807, 2.05) is 24.4 Å². The number of amides is 1. The second-order valence-corrected chi connectivity index (χ2v) is 6.41. The number of carbonyl (C=O) groups excluding carboxylic acids is 1. The average Bonchev–Trinajstić information content (AvgIpc) is 3.08. The first-order valence-electron chi connectivity index (χ1n) is 7.66. The number of rotatable bonds is 5. The Balaban J connectivity index is 1.77. The molecular formula is C19H18N2O3S. The van der Waals surface area contributed by atoms with Gasteiger partial charge in [0.2, 0.25) is 0 Å². The summed E-state index contributed by atoms with van der Waals surface area (Å²) in [4.78, 5) is 16.9. The van der Waals surface area contributed by atoms with E-state index >= 15 is 0 Å². The molecule has 128 valence electrons. The van der Waals surface area contributed by atoms with Crippen LogP contribution in [0.4, 0.5) is 5.69 Å². The first kappa shape index (κ1) is 17.0. The molecule has 0 fully saturated rings. The lowest BCUT2D eigenvalue weighted by Crippen LogP contribution is -2.12. The van der Waals surface area contributed by atoms with Crippen molar-refractivity contribution in [2.24, 2.45) is 0 Å². The fraction of sp³-hybridized carbons (Fsp3) is 0.158. The molecule has 2 aromatic carbocycles. The number of nitrogens with one attached hydrogen (secondary N) is 1. The zero-order valence-corrected chi connectivity index (χ0v) is 15.0. The van der Waals surface area contributed by atoms with Crippen molar-refractivity contribution in [2.75, 3.05) is 19.5 Å². The molecule has 25 heavy (non-hydrogen) atoms. The lowest BCUT2D eigenvalue weighted by Gasteiger charge is -2.11. The average molecular weight is 354 g/mol. The van der Waals surface area contributed by atoms with E-state index in [4.69, 9.17) is 9.47 Å². The van der Waals surface area contributed by atoms with Crippen LogP contribution in [0.1, 0.15) is 15.4 Å². The van der Waals surface area contributed by atoms with Crippen molar-refractivity contribution in [3.05, 3.63) is 58.4 Å². The van der Waals surface area contributed by atoms with Crippen molar-refractivity contribution in [1.82, 2.24) is 4.98 Å². The molecule has 6 heteroatoms. The van der Waals surface area contributed by atoms with Gasteiger partial charge in [0, 0.05) is 22.6 Å². The minimum absolute atomic E-state index is 0.204. The van der Waals surface area contributed by atoms with Crippen molar-refractivity contribution in [3.63, 3.8) is 0 Å². The summed E-state index contributed by atoms with van der Waals surface area (Å²) in [5, 5.41) is 5.88. The number of thiazole rings is 1. The molecule has 0 aliphatic rings. The minimum atomic E-state index is -0.204. The monoisotopic (exact) mass is 354 g/mol. The predicted octanol–water partition coefficient (Wildman–Crippen LogP) is 4.39. The summed E-state index contributed by atoms with van der Waals surface area (Å²) in [5.41, 5.74) is 3.07. The Bertz CT molecular complexity index is 888. The van der Waals surface area contributed by atoms with Crippen molar-refractivity contribution in [2.45, 2.75) is 6.92 Å². The zero-order valence-electron chi connectivity index (χ0n) is 14.2. The second kappa shape index (κ2) is 7.36. The van der Waals surface area contributed by atoms with Gasteiger partial charge in [-0.25, -0.2) is 4.98 Å². The van der Waals surface area contributed by atoms with Gasteiger partial charge in [-0.1, -0.05) is 12.1 Å². The Hall–Kier alpha value is -2.86. The fourth-order valence-electron chi connectivity index (χ4n) is 2.38. The SMILES string of the molecule is COc1ccc(NC(=O)c2ccc(-c3csc(C)n3)cc2)c(OC)c1. The van der Waals surface area contributed by atoms with Gasteiger partial charge in [0.25, 0.3) is 5.91 Å². The summed E-state index contributed by atoms with van der Waals surface area (Å²) in [7, 11) is 3.13. The summed E-state index contributed by atoms with van der Waals surface area (Å²) >= 11 is 1.60. The van der Waals surface area contributed by atoms with Crippen LogP contribution in [0.15, 0.2) is 47.8 Å². The molecule has 3 aromatic rings. The third-order valence-electron chi connectivity index (χ3n) is 3.72. The number of hydrogen-bond acceptors (Lipinski definition) is 5. The highest BCUT2D eigenvalue weighted by Gasteiger charge is 2.11. The zero-order chi connectivity index (χ0) is 17.8. The van der Waals surface area contributed by atoms with Crippen LogP contribution in [0, 0.1) is 6.92 Å². The lowest BCUT2D eigenvalue weighted by atomic mass is 10.1. The van der Waals surface area contributed by atoms with Crippen LogP contribution >= 0.6 is 11.3 Å². The lowest BCUT2D eigenvalue weighted by molar-refractivity contribution is 0.102. The van der Waals surface area contributed by atoms with E-state index in [2.05, 4.69) is 10.3 Å². The molecule has 0 aliphatic heterocycles. The topological polar surface area (TPSA) is 60.5 Å². The summed E-state index contributed by atoms with van der Waals surface area (Å²) < 4.78 is 10.5. The Morgan fingerprint density at radius 1 is 1.08 bits per heavy atom. The maximum Gasteiger partial charge on any atom is 0.255 e. The summed E-state index contributed by atoms with van der Waals surface area (Å²) in [6.07, 6.45) is 0. The number of benzene rings is 2. The van der Waals surface area contributed by atoms with E-state index in [-0.39, 0.29) is 5.91 Å². The molecule has 1 amide bonds. The van der Waals surface area contributed by atoms with Crippen molar-refractivity contribution in [3.8, 4) is 22.8 Å². The van der Waals surface area contributed by atoms with Gasteiger partial charge in [-0.15, -0.1) is 11.3 Å². The molecule has 0 saturated carbocycles. The molecule has 0 aliphatic carbocycles. The Labute approximate surface area is 150 Å². The molecule has 0 unspecified atom stereocenters.